The van der Waals surface area contributed by atoms with E-state index in [1.165, 1.54) is 11.3 Å². The molecule has 1 aromatic heterocycles. The van der Waals surface area contributed by atoms with Crippen molar-refractivity contribution in [2.24, 2.45) is 0 Å². The minimum Gasteiger partial charge on any atom is -0.494 e. The third kappa shape index (κ3) is 5.35. The fourth-order valence-electron chi connectivity index (χ4n) is 3.53. The second kappa shape index (κ2) is 9.87. The summed E-state index contributed by atoms with van der Waals surface area (Å²) in [6.07, 6.45) is 3.17. The number of aryl methyl sites for hydroxylation is 1. The van der Waals surface area contributed by atoms with E-state index in [2.05, 4.69) is 10.3 Å². The Morgan fingerprint density at radius 3 is 2.72 bits per heavy atom. The zero-order chi connectivity index (χ0) is 20.8. The molecule has 156 valence electrons. The molecular formula is C22H29N3O3S. The zero-order valence-corrected chi connectivity index (χ0v) is 18.2. The van der Waals surface area contributed by atoms with Gasteiger partial charge in [0.1, 0.15) is 15.6 Å². The van der Waals surface area contributed by atoms with Gasteiger partial charge in [0.05, 0.1) is 12.3 Å². The standard InChI is InChI=1S/C22H29N3O3S/c1-4-7-19(26)24-17-8-6-13-25(14-17)22(27)20-15(3)23-21(29-20)16-9-11-18(12-10-16)28-5-2/h9-12,17H,4-8,13-14H2,1-3H3,(H,24,26). The van der Waals surface area contributed by atoms with Crippen molar-refractivity contribution in [2.75, 3.05) is 19.7 Å². The molecule has 1 N–H and O–H groups in total. The zero-order valence-electron chi connectivity index (χ0n) is 17.4. The molecule has 6 nitrogen and oxygen atoms in total. The average Bonchev–Trinajstić information content (AvgIpc) is 3.10. The first-order chi connectivity index (χ1) is 14.0. The van der Waals surface area contributed by atoms with Crippen LogP contribution in [0.4, 0.5) is 0 Å². The predicted octanol–water partition coefficient (Wildman–Crippen LogP) is 4.04. The number of benzene rings is 1. The summed E-state index contributed by atoms with van der Waals surface area (Å²) in [7, 11) is 0. The number of carbonyl (C=O) groups is 2. The average molecular weight is 416 g/mol. The van der Waals surface area contributed by atoms with Crippen molar-refractivity contribution in [1.29, 1.82) is 0 Å². The SMILES string of the molecule is CCCC(=O)NC1CCCN(C(=O)c2sc(-c3ccc(OCC)cc3)nc2C)C1. The number of nitrogens with one attached hydrogen (secondary N) is 1. The Morgan fingerprint density at radius 1 is 1.28 bits per heavy atom. The van der Waals surface area contributed by atoms with E-state index in [-0.39, 0.29) is 17.9 Å². The first-order valence-corrected chi connectivity index (χ1v) is 11.1. The minimum atomic E-state index is 0.00614. The molecule has 3 rings (SSSR count). The first kappa shape index (κ1) is 21.3. The van der Waals surface area contributed by atoms with Crippen molar-refractivity contribution in [3.63, 3.8) is 0 Å². The number of piperidine rings is 1. The summed E-state index contributed by atoms with van der Waals surface area (Å²) in [4.78, 5) is 32.2. The van der Waals surface area contributed by atoms with Crippen molar-refractivity contribution in [1.82, 2.24) is 15.2 Å². The third-order valence-corrected chi connectivity index (χ3v) is 6.15. The van der Waals surface area contributed by atoms with E-state index in [9.17, 15) is 9.59 Å². The molecule has 0 spiro atoms. The van der Waals surface area contributed by atoms with Gasteiger partial charge in [-0.1, -0.05) is 6.92 Å². The number of amides is 2. The highest BCUT2D eigenvalue weighted by Crippen LogP contribution is 2.30. The van der Waals surface area contributed by atoms with Gasteiger partial charge in [0.2, 0.25) is 5.91 Å². The topological polar surface area (TPSA) is 71.5 Å². The molecule has 0 radical (unpaired) electrons. The number of likely N-dealkylation sites (tertiary alicyclic amines) is 1. The molecule has 1 aromatic carbocycles. The maximum Gasteiger partial charge on any atom is 0.265 e. The van der Waals surface area contributed by atoms with Gasteiger partial charge in [-0.3, -0.25) is 9.59 Å². The number of thiazole rings is 1. The van der Waals surface area contributed by atoms with Crippen molar-refractivity contribution in [3.05, 3.63) is 34.8 Å². The Morgan fingerprint density at radius 2 is 2.03 bits per heavy atom. The number of hydrogen-bond donors (Lipinski definition) is 1. The molecule has 1 unspecified atom stereocenters. The Kier molecular flexibility index (Phi) is 7.25. The van der Waals surface area contributed by atoms with Crippen molar-refractivity contribution >= 4 is 23.2 Å². The molecule has 1 fully saturated rings. The second-order valence-corrected chi connectivity index (χ2v) is 8.30. The Bertz CT molecular complexity index is 847. The summed E-state index contributed by atoms with van der Waals surface area (Å²) in [5.41, 5.74) is 1.73. The Hall–Kier alpha value is -2.41. The molecule has 0 saturated carbocycles. The molecule has 1 aliphatic heterocycles. The van der Waals surface area contributed by atoms with Gasteiger partial charge in [-0.05, 0) is 57.4 Å². The molecule has 1 atom stereocenters. The van der Waals surface area contributed by atoms with Gasteiger partial charge in [0, 0.05) is 31.1 Å². The van der Waals surface area contributed by atoms with Gasteiger partial charge in [-0.2, -0.15) is 0 Å². The van der Waals surface area contributed by atoms with Gasteiger partial charge in [0.25, 0.3) is 5.91 Å². The van der Waals surface area contributed by atoms with Gasteiger partial charge in [-0.25, -0.2) is 4.98 Å². The lowest BCUT2D eigenvalue weighted by Crippen LogP contribution is -2.49. The molecule has 0 bridgehead atoms. The number of nitrogens with zero attached hydrogens (tertiary/aromatic N) is 2. The van der Waals surface area contributed by atoms with Crippen LogP contribution in [-0.4, -0.2) is 47.4 Å². The van der Waals surface area contributed by atoms with Crippen LogP contribution < -0.4 is 10.1 Å². The van der Waals surface area contributed by atoms with Crippen LogP contribution >= 0.6 is 11.3 Å². The van der Waals surface area contributed by atoms with Crippen LogP contribution in [0.25, 0.3) is 10.6 Å². The van der Waals surface area contributed by atoms with Crippen LogP contribution in [-0.2, 0) is 4.79 Å². The van der Waals surface area contributed by atoms with E-state index in [4.69, 9.17) is 4.74 Å². The van der Waals surface area contributed by atoms with Crippen molar-refractivity contribution in [3.8, 4) is 16.3 Å². The third-order valence-electron chi connectivity index (χ3n) is 4.95. The van der Waals surface area contributed by atoms with Gasteiger partial charge in [-0.15, -0.1) is 11.3 Å². The van der Waals surface area contributed by atoms with E-state index in [0.29, 0.717) is 31.0 Å². The van der Waals surface area contributed by atoms with Gasteiger partial charge in [0.15, 0.2) is 0 Å². The summed E-state index contributed by atoms with van der Waals surface area (Å²) in [6.45, 7) is 7.73. The van der Waals surface area contributed by atoms with E-state index >= 15 is 0 Å². The smallest absolute Gasteiger partial charge is 0.265 e. The predicted molar refractivity (Wildman–Crippen MR) is 115 cm³/mol. The highest BCUT2D eigenvalue weighted by molar-refractivity contribution is 7.17. The van der Waals surface area contributed by atoms with E-state index in [1.54, 1.807) is 0 Å². The molecule has 7 heteroatoms. The molecule has 0 aliphatic carbocycles. The molecular weight excluding hydrogens is 386 g/mol. The molecule has 29 heavy (non-hydrogen) atoms. The Labute approximate surface area is 176 Å². The summed E-state index contributed by atoms with van der Waals surface area (Å²) in [5, 5.41) is 3.89. The van der Waals surface area contributed by atoms with Crippen LogP contribution in [0.3, 0.4) is 0 Å². The number of ether oxygens (including phenoxy) is 1. The largest absolute Gasteiger partial charge is 0.494 e. The number of rotatable bonds is 7. The number of carbonyl (C=O) groups excluding carboxylic acids is 2. The number of aromatic nitrogens is 1. The van der Waals surface area contributed by atoms with Crippen molar-refractivity contribution in [2.45, 2.75) is 52.5 Å². The van der Waals surface area contributed by atoms with E-state index in [1.807, 2.05) is 49.9 Å². The van der Waals surface area contributed by atoms with Crippen LogP contribution in [0, 0.1) is 6.92 Å². The maximum atomic E-state index is 13.1. The molecule has 2 aromatic rings. The van der Waals surface area contributed by atoms with Crippen LogP contribution in [0.1, 0.15) is 54.9 Å². The lowest BCUT2D eigenvalue weighted by molar-refractivity contribution is -0.122. The summed E-state index contributed by atoms with van der Waals surface area (Å²) in [6, 6.07) is 7.82. The molecule has 1 aliphatic rings. The quantitative estimate of drug-likeness (QED) is 0.741. The highest BCUT2D eigenvalue weighted by Gasteiger charge is 2.28. The second-order valence-electron chi connectivity index (χ2n) is 7.30. The lowest BCUT2D eigenvalue weighted by Gasteiger charge is -2.33. The lowest BCUT2D eigenvalue weighted by atomic mass is 10.0. The summed E-state index contributed by atoms with van der Waals surface area (Å²) < 4.78 is 5.49. The molecule has 1 saturated heterocycles. The Balaban J connectivity index is 1.70. The fourth-order valence-corrected chi connectivity index (χ4v) is 4.57. The molecule has 2 heterocycles. The fraction of sp³-hybridized carbons (Fsp3) is 0.500. The van der Waals surface area contributed by atoms with Gasteiger partial charge >= 0.3 is 0 Å². The summed E-state index contributed by atoms with van der Waals surface area (Å²) in [5.74, 6) is 0.899. The summed E-state index contributed by atoms with van der Waals surface area (Å²) >= 11 is 1.43. The highest BCUT2D eigenvalue weighted by atomic mass is 32.1. The molecule has 2 amide bonds. The van der Waals surface area contributed by atoms with Crippen LogP contribution in [0.2, 0.25) is 0 Å². The van der Waals surface area contributed by atoms with Crippen molar-refractivity contribution < 1.29 is 14.3 Å². The first-order valence-electron chi connectivity index (χ1n) is 10.3. The van der Waals surface area contributed by atoms with Crippen LogP contribution in [0.15, 0.2) is 24.3 Å². The minimum absolute atomic E-state index is 0.00614. The van der Waals surface area contributed by atoms with Gasteiger partial charge < -0.3 is 15.0 Å². The number of hydrogen-bond acceptors (Lipinski definition) is 5. The van der Waals surface area contributed by atoms with E-state index in [0.717, 1.165) is 41.3 Å². The van der Waals surface area contributed by atoms with E-state index < -0.39 is 0 Å². The maximum absolute atomic E-state index is 13.1. The normalized spacial score (nSPS) is 16.5. The monoisotopic (exact) mass is 415 g/mol. The van der Waals surface area contributed by atoms with Crippen LogP contribution in [0.5, 0.6) is 5.75 Å².